The van der Waals surface area contributed by atoms with Crippen LogP contribution in [0.4, 0.5) is 5.69 Å². The van der Waals surface area contributed by atoms with Crippen molar-refractivity contribution in [1.82, 2.24) is 10.3 Å². The number of hydrogen-bond donors (Lipinski definition) is 2. The zero-order valence-electron chi connectivity index (χ0n) is 22.6. The minimum Gasteiger partial charge on any atom is -0.493 e. The highest BCUT2D eigenvalue weighted by molar-refractivity contribution is 5.94. The van der Waals surface area contributed by atoms with E-state index in [-0.39, 0.29) is 12.0 Å². The van der Waals surface area contributed by atoms with Gasteiger partial charge in [-0.25, -0.2) is 4.99 Å². The third-order valence-electron chi connectivity index (χ3n) is 7.14. The minimum absolute atomic E-state index is 0.0922. The molecule has 1 aliphatic rings. The molecule has 1 saturated carbocycles. The first-order valence-electron chi connectivity index (χ1n) is 13.6. The summed E-state index contributed by atoms with van der Waals surface area (Å²) in [5.74, 6) is 2.05. The van der Waals surface area contributed by atoms with E-state index in [2.05, 4.69) is 57.0 Å². The molecule has 2 N–H and O–H groups in total. The van der Waals surface area contributed by atoms with Gasteiger partial charge in [-0.05, 0) is 84.3 Å². The molecule has 0 amide bonds. The smallest absolute Gasteiger partial charge is 0.209 e. The Balaban J connectivity index is 1.39. The van der Waals surface area contributed by atoms with E-state index < -0.39 is 0 Å². The molecule has 1 aromatic heterocycles. The van der Waals surface area contributed by atoms with Crippen molar-refractivity contribution in [3.05, 3.63) is 120 Å². The molecule has 1 aliphatic carbocycles. The largest absolute Gasteiger partial charge is 0.493 e. The summed E-state index contributed by atoms with van der Waals surface area (Å²) in [7, 11) is 1.68. The number of nitriles is 1. The fourth-order valence-electron chi connectivity index (χ4n) is 4.71. The van der Waals surface area contributed by atoms with E-state index in [1.54, 1.807) is 7.11 Å². The number of ether oxygens (including phenoxy) is 2. The number of hydrogen-bond acceptors (Lipinski definition) is 5. The highest BCUT2D eigenvalue weighted by Crippen LogP contribution is 2.38. The fraction of sp³-hybridized carbons (Fsp3) is 0.242. The van der Waals surface area contributed by atoms with Crippen LogP contribution in [0, 0.1) is 11.5 Å². The molecule has 1 unspecified atom stereocenters. The number of aliphatic imine (C=N–C) groups is 1. The molecule has 1 fully saturated rings. The summed E-state index contributed by atoms with van der Waals surface area (Å²) in [4.78, 5) is 8.73. The van der Waals surface area contributed by atoms with E-state index in [1.165, 1.54) is 12.0 Å². The predicted octanol–water partition coefficient (Wildman–Crippen LogP) is 6.43. The van der Waals surface area contributed by atoms with Crippen molar-refractivity contribution in [3.63, 3.8) is 0 Å². The van der Waals surface area contributed by atoms with Gasteiger partial charge in [0.15, 0.2) is 17.7 Å². The van der Waals surface area contributed by atoms with Gasteiger partial charge in [0.2, 0.25) is 5.96 Å². The zero-order valence-corrected chi connectivity index (χ0v) is 22.6. The predicted molar refractivity (Wildman–Crippen MR) is 157 cm³/mol. The van der Waals surface area contributed by atoms with Crippen molar-refractivity contribution < 1.29 is 9.47 Å². The van der Waals surface area contributed by atoms with Gasteiger partial charge in [-0.15, -0.1) is 0 Å². The second-order valence-electron chi connectivity index (χ2n) is 9.83. The number of nitrogens with one attached hydrogen (secondary N) is 2. The van der Waals surface area contributed by atoms with Gasteiger partial charge in [-0.1, -0.05) is 48.5 Å². The number of rotatable bonds is 10. The molecule has 1 atom stereocenters. The molecule has 7 nitrogen and oxygen atoms in total. The molecule has 0 saturated heterocycles. The number of benzene rings is 3. The summed E-state index contributed by atoms with van der Waals surface area (Å²) in [6.07, 6.45) is 10.1. The molecular formula is C33H33N5O2. The number of guanidine groups is 1. The van der Waals surface area contributed by atoms with Gasteiger partial charge < -0.3 is 14.8 Å². The van der Waals surface area contributed by atoms with Gasteiger partial charge in [0.1, 0.15) is 0 Å². The first kappa shape index (κ1) is 26.8. The van der Waals surface area contributed by atoms with Gasteiger partial charge in [0.25, 0.3) is 0 Å². The Morgan fingerprint density at radius 1 is 0.950 bits per heavy atom. The number of nitrogens with zero attached hydrogens (tertiary/aromatic N) is 3. The molecule has 7 heteroatoms. The third kappa shape index (κ3) is 6.97. The molecule has 5 rings (SSSR count). The van der Waals surface area contributed by atoms with Crippen LogP contribution in [-0.4, -0.2) is 24.2 Å². The fourth-order valence-corrected chi connectivity index (χ4v) is 4.71. The first-order valence-corrected chi connectivity index (χ1v) is 13.6. The molecule has 1 heterocycles. The first-order chi connectivity index (χ1) is 19.7. The van der Waals surface area contributed by atoms with E-state index in [9.17, 15) is 5.26 Å². The Morgan fingerprint density at radius 2 is 1.70 bits per heavy atom. The summed E-state index contributed by atoms with van der Waals surface area (Å²) in [5, 5.41) is 15.1. The summed E-state index contributed by atoms with van der Waals surface area (Å²) in [5.41, 5.74) is 5.43. The van der Waals surface area contributed by atoms with E-state index in [0.29, 0.717) is 12.5 Å². The van der Waals surface area contributed by atoms with Crippen molar-refractivity contribution in [2.45, 2.75) is 44.2 Å². The van der Waals surface area contributed by atoms with Crippen LogP contribution in [0.25, 0.3) is 0 Å². The van der Waals surface area contributed by atoms with Gasteiger partial charge in [0, 0.05) is 24.0 Å². The lowest BCUT2D eigenvalue weighted by molar-refractivity contribution is 0.116. The second-order valence-corrected chi connectivity index (χ2v) is 9.83. The molecule has 0 aliphatic heterocycles. The van der Waals surface area contributed by atoms with Crippen LogP contribution < -0.4 is 20.1 Å². The van der Waals surface area contributed by atoms with Crippen LogP contribution in [0.1, 0.15) is 47.4 Å². The van der Waals surface area contributed by atoms with Crippen LogP contribution in [0.3, 0.4) is 0 Å². The Bertz CT molecular complexity index is 1450. The van der Waals surface area contributed by atoms with E-state index >= 15 is 0 Å². The molecule has 0 spiro atoms. The average molecular weight is 532 g/mol. The van der Waals surface area contributed by atoms with E-state index in [0.717, 1.165) is 53.1 Å². The van der Waals surface area contributed by atoms with Gasteiger partial charge in [-0.2, -0.15) is 5.26 Å². The van der Waals surface area contributed by atoms with Crippen LogP contribution in [-0.2, 0) is 13.0 Å². The van der Waals surface area contributed by atoms with Gasteiger partial charge in [0.05, 0.1) is 19.8 Å². The van der Waals surface area contributed by atoms with Crippen LogP contribution in [0.15, 0.2) is 102 Å². The lowest BCUT2D eigenvalue weighted by Gasteiger charge is -2.28. The number of pyridine rings is 1. The van der Waals surface area contributed by atoms with Gasteiger partial charge in [-0.3, -0.25) is 10.3 Å². The summed E-state index contributed by atoms with van der Waals surface area (Å²) in [6.45, 7) is 0.465. The van der Waals surface area contributed by atoms with E-state index in [4.69, 9.17) is 9.47 Å². The zero-order chi connectivity index (χ0) is 27.6. The van der Waals surface area contributed by atoms with Crippen molar-refractivity contribution in [2.24, 2.45) is 4.99 Å². The molecule has 0 radical (unpaired) electrons. The standard InChI is InChI=1S/C33H33N5O2/c1-39-31-15-12-27(21-32(31)40-29-8-5-9-29)30(20-24-16-18-35-19-17-24)26-10-13-28(14-11-26)38-33(37-23-34)36-22-25-6-3-2-4-7-25/h2-4,6-7,10-19,21,29-30H,5,8-9,20,22H2,1H3,(H2,36,37,38). The maximum absolute atomic E-state index is 9.22. The summed E-state index contributed by atoms with van der Waals surface area (Å²) in [6, 6.07) is 28.6. The molecule has 202 valence electrons. The Kier molecular flexibility index (Phi) is 8.90. The maximum atomic E-state index is 9.22. The quantitative estimate of drug-likeness (QED) is 0.106. The van der Waals surface area contributed by atoms with Crippen LogP contribution in [0.2, 0.25) is 0 Å². The lowest BCUT2D eigenvalue weighted by atomic mass is 9.86. The van der Waals surface area contributed by atoms with Crippen LogP contribution in [0.5, 0.6) is 11.5 Å². The normalized spacial score (nSPS) is 13.9. The van der Waals surface area contributed by atoms with Crippen molar-refractivity contribution in [1.29, 1.82) is 5.26 Å². The third-order valence-corrected chi connectivity index (χ3v) is 7.14. The van der Waals surface area contributed by atoms with Crippen molar-refractivity contribution in [3.8, 4) is 17.7 Å². The average Bonchev–Trinajstić information content (AvgIpc) is 2.98. The molecule has 40 heavy (non-hydrogen) atoms. The lowest BCUT2D eigenvalue weighted by Crippen LogP contribution is -2.26. The monoisotopic (exact) mass is 531 g/mol. The maximum Gasteiger partial charge on any atom is 0.209 e. The van der Waals surface area contributed by atoms with E-state index in [1.807, 2.05) is 67.1 Å². The molecular weight excluding hydrogens is 498 g/mol. The Hall–Kier alpha value is -4.83. The van der Waals surface area contributed by atoms with Crippen LogP contribution >= 0.6 is 0 Å². The molecule has 3 aromatic carbocycles. The number of aromatic nitrogens is 1. The second kappa shape index (κ2) is 13.3. The SMILES string of the molecule is COc1ccc(C(Cc2ccncc2)c2ccc(NC(=NCc3ccccc3)NC#N)cc2)cc1OC1CCC1. The number of methoxy groups -OCH3 is 1. The summed E-state index contributed by atoms with van der Waals surface area (Å²) < 4.78 is 11.9. The molecule has 0 bridgehead atoms. The summed E-state index contributed by atoms with van der Waals surface area (Å²) >= 11 is 0. The van der Waals surface area contributed by atoms with Gasteiger partial charge >= 0.3 is 0 Å². The van der Waals surface area contributed by atoms with Crippen molar-refractivity contribution in [2.75, 3.05) is 12.4 Å². The minimum atomic E-state index is 0.0922. The Labute approximate surface area is 235 Å². The highest BCUT2D eigenvalue weighted by atomic mass is 16.5. The Morgan fingerprint density at radius 3 is 2.38 bits per heavy atom. The van der Waals surface area contributed by atoms with Crippen molar-refractivity contribution >= 4 is 11.6 Å². The molecule has 4 aromatic rings. The topological polar surface area (TPSA) is 91.6 Å². The number of anilines is 1. The highest BCUT2D eigenvalue weighted by Gasteiger charge is 2.23.